The van der Waals surface area contributed by atoms with Crippen molar-refractivity contribution in [1.82, 2.24) is 4.98 Å². The summed E-state index contributed by atoms with van der Waals surface area (Å²) in [6.07, 6.45) is 2.10. The molecule has 0 bridgehead atoms. The van der Waals surface area contributed by atoms with E-state index < -0.39 is 6.04 Å². The molecule has 0 radical (unpaired) electrons. The average Bonchev–Trinajstić information content (AvgIpc) is 3.09. The van der Waals surface area contributed by atoms with Gasteiger partial charge in [0.1, 0.15) is 17.6 Å². The van der Waals surface area contributed by atoms with E-state index in [2.05, 4.69) is 10.3 Å². The summed E-state index contributed by atoms with van der Waals surface area (Å²) < 4.78 is 10.4. The quantitative estimate of drug-likeness (QED) is 0.215. The summed E-state index contributed by atoms with van der Waals surface area (Å²) in [6, 6.07) is 23.9. The monoisotopic (exact) mass is 588 g/mol. The highest BCUT2D eigenvalue weighted by atomic mass is 35.5. The summed E-state index contributed by atoms with van der Waals surface area (Å²) in [4.78, 5) is 25.7. The van der Waals surface area contributed by atoms with Crippen LogP contribution in [-0.4, -0.2) is 50.0 Å². The molecule has 0 fully saturated rings. The molecule has 0 spiro atoms. The number of carbonyl (C=O) groups excluding carboxylic acids is 1. The number of carbonyl (C=O) groups is 1. The minimum absolute atomic E-state index is 0.134. The number of hydrogen-bond donors (Lipinski definition) is 1. The molecule has 2 heterocycles. The first kappa shape index (κ1) is 28.6. The highest BCUT2D eigenvalue weighted by Gasteiger charge is 2.33. The van der Waals surface area contributed by atoms with Gasteiger partial charge in [-0.15, -0.1) is 0 Å². The fourth-order valence-corrected chi connectivity index (χ4v) is 5.13. The Balaban J connectivity index is 1.60. The maximum absolute atomic E-state index is 14.3. The van der Waals surface area contributed by atoms with Crippen molar-refractivity contribution in [3.05, 3.63) is 117 Å². The summed E-state index contributed by atoms with van der Waals surface area (Å²) in [7, 11) is 3.28. The third-order valence-corrected chi connectivity index (χ3v) is 7.46. The van der Waals surface area contributed by atoms with Crippen LogP contribution in [-0.2, 0) is 22.5 Å². The lowest BCUT2D eigenvalue weighted by atomic mass is 10.0. The molecule has 0 aliphatic carbocycles. The van der Waals surface area contributed by atoms with Crippen LogP contribution >= 0.6 is 23.2 Å². The van der Waals surface area contributed by atoms with Gasteiger partial charge in [-0.25, -0.2) is 4.98 Å². The molecule has 1 unspecified atom stereocenters. The number of amides is 1. The Kier molecular flexibility index (Phi) is 9.19. The average molecular weight is 590 g/mol. The highest BCUT2D eigenvalue weighted by Crippen LogP contribution is 2.33. The number of halogens is 2. The lowest BCUT2D eigenvalue weighted by Crippen LogP contribution is -2.38. The third kappa shape index (κ3) is 6.70. The van der Waals surface area contributed by atoms with Crippen molar-refractivity contribution in [2.45, 2.75) is 19.0 Å². The molecular formula is C32H30Cl2N4O3. The molecule has 9 heteroatoms. The number of aromatic nitrogens is 1. The molecule has 5 rings (SSSR count). The number of fused-ring (bicyclic) bond motifs is 1. The van der Waals surface area contributed by atoms with Crippen molar-refractivity contribution in [2.75, 3.05) is 37.6 Å². The smallest absolute Gasteiger partial charge is 0.252 e. The molecule has 0 saturated carbocycles. The Morgan fingerprint density at radius 2 is 1.78 bits per heavy atom. The molecule has 1 aliphatic rings. The van der Waals surface area contributed by atoms with Crippen LogP contribution in [0.3, 0.4) is 0 Å². The number of methoxy groups -OCH3 is 2. The number of nitrogens with zero attached hydrogens (tertiary/aromatic N) is 3. The number of pyridine rings is 1. The van der Waals surface area contributed by atoms with Gasteiger partial charge in [0.15, 0.2) is 0 Å². The second-order valence-corrected chi connectivity index (χ2v) is 10.4. The van der Waals surface area contributed by atoms with Crippen molar-refractivity contribution < 1.29 is 14.3 Å². The Morgan fingerprint density at radius 3 is 2.49 bits per heavy atom. The molecule has 1 atom stereocenters. The van der Waals surface area contributed by atoms with Crippen LogP contribution in [0, 0.1) is 0 Å². The van der Waals surface area contributed by atoms with E-state index in [1.807, 2.05) is 72.8 Å². The van der Waals surface area contributed by atoms with Crippen LogP contribution < -0.4 is 15.0 Å². The maximum atomic E-state index is 14.3. The van der Waals surface area contributed by atoms with Crippen molar-refractivity contribution in [3.63, 3.8) is 0 Å². The zero-order chi connectivity index (χ0) is 28.8. The Bertz CT molecular complexity index is 1540. The number of benzodiazepines with no additional fused rings is 1. The summed E-state index contributed by atoms with van der Waals surface area (Å²) in [5.74, 6) is 1.33. The number of aliphatic imine (C=N–C) groups is 1. The maximum Gasteiger partial charge on any atom is 0.252 e. The molecular weight excluding hydrogens is 559 g/mol. The zero-order valence-electron chi connectivity index (χ0n) is 22.8. The van der Waals surface area contributed by atoms with E-state index in [0.29, 0.717) is 41.9 Å². The number of benzene rings is 3. The van der Waals surface area contributed by atoms with Crippen LogP contribution in [0.2, 0.25) is 10.0 Å². The van der Waals surface area contributed by atoms with Gasteiger partial charge in [-0.2, -0.15) is 0 Å². The van der Waals surface area contributed by atoms with Crippen LogP contribution in [0.5, 0.6) is 5.75 Å². The van der Waals surface area contributed by atoms with Crippen molar-refractivity contribution >= 4 is 46.3 Å². The number of ether oxygens (including phenoxy) is 2. The largest absolute Gasteiger partial charge is 0.497 e. The van der Waals surface area contributed by atoms with E-state index in [1.54, 1.807) is 31.4 Å². The van der Waals surface area contributed by atoms with Crippen LogP contribution in [0.4, 0.5) is 11.5 Å². The first-order valence-electron chi connectivity index (χ1n) is 13.2. The molecule has 3 aromatic carbocycles. The first-order valence-corrected chi connectivity index (χ1v) is 14.0. The zero-order valence-corrected chi connectivity index (χ0v) is 24.3. The van der Waals surface area contributed by atoms with Crippen LogP contribution in [0.25, 0.3) is 0 Å². The van der Waals surface area contributed by atoms with Gasteiger partial charge in [0.25, 0.3) is 5.91 Å². The highest BCUT2D eigenvalue weighted by molar-refractivity contribution is 6.32. The Labute approximate surface area is 249 Å². The number of rotatable bonds is 10. The van der Waals surface area contributed by atoms with E-state index in [-0.39, 0.29) is 5.91 Å². The van der Waals surface area contributed by atoms with Crippen LogP contribution in [0.1, 0.15) is 22.3 Å². The first-order chi connectivity index (χ1) is 20.0. The standard InChI is InChI=1S/C32H30Cl2N4O3/c1-40-16-15-35-30-14-9-23(19-36-30)31-26-18-24(33)10-13-29(26)38(20-21-7-11-25(41-2)12-8-21)32(39)28(37-31)17-22-5-3-4-6-27(22)34/h3-14,18-19,28H,15-17,20H2,1-2H3,(H,35,36). The SMILES string of the molecule is COCCNc1ccc(C2=NC(Cc3ccccc3Cl)C(=O)N(Cc3ccc(OC)cc3)c3ccc(Cl)cc32)cn1. The number of nitrogens with one attached hydrogen (secondary N) is 1. The van der Waals surface area contributed by atoms with Gasteiger partial charge < -0.3 is 19.7 Å². The lowest BCUT2D eigenvalue weighted by Gasteiger charge is -2.26. The molecule has 41 heavy (non-hydrogen) atoms. The second kappa shape index (κ2) is 13.2. The number of anilines is 2. The van der Waals surface area contributed by atoms with Crippen molar-refractivity contribution in [3.8, 4) is 5.75 Å². The molecule has 210 valence electrons. The Hall–Kier alpha value is -3.91. The van der Waals surface area contributed by atoms with Gasteiger partial charge in [-0.1, -0.05) is 53.5 Å². The minimum atomic E-state index is -0.728. The second-order valence-electron chi connectivity index (χ2n) is 9.57. The van der Waals surface area contributed by atoms with Gasteiger partial charge in [0.05, 0.1) is 31.7 Å². The fraction of sp³-hybridized carbons (Fsp3) is 0.219. The molecule has 4 aromatic rings. The third-order valence-electron chi connectivity index (χ3n) is 6.86. The molecule has 1 amide bonds. The topological polar surface area (TPSA) is 76.0 Å². The van der Waals surface area contributed by atoms with Gasteiger partial charge in [-0.05, 0) is 59.7 Å². The van der Waals surface area contributed by atoms with E-state index in [1.165, 1.54) is 0 Å². The fourth-order valence-electron chi connectivity index (χ4n) is 4.74. The summed E-state index contributed by atoms with van der Waals surface area (Å²) in [5.41, 5.74) is 4.68. The van der Waals surface area contributed by atoms with Gasteiger partial charge in [0.2, 0.25) is 0 Å². The summed E-state index contributed by atoms with van der Waals surface area (Å²) in [5, 5.41) is 4.37. The predicted octanol–water partition coefficient (Wildman–Crippen LogP) is 6.45. The van der Waals surface area contributed by atoms with Gasteiger partial charge in [0, 0.05) is 47.4 Å². The van der Waals surface area contributed by atoms with E-state index >= 15 is 0 Å². The summed E-state index contributed by atoms with van der Waals surface area (Å²) in [6.45, 7) is 1.55. The summed E-state index contributed by atoms with van der Waals surface area (Å²) >= 11 is 13.0. The molecule has 1 aromatic heterocycles. The molecule has 7 nitrogen and oxygen atoms in total. The van der Waals surface area contributed by atoms with Crippen molar-refractivity contribution in [2.24, 2.45) is 4.99 Å². The van der Waals surface area contributed by atoms with E-state index in [4.69, 9.17) is 37.7 Å². The lowest BCUT2D eigenvalue weighted by molar-refractivity contribution is -0.119. The predicted molar refractivity (Wildman–Crippen MR) is 165 cm³/mol. The minimum Gasteiger partial charge on any atom is -0.497 e. The molecule has 1 aliphatic heterocycles. The normalized spacial score (nSPS) is 14.7. The Morgan fingerprint density at radius 1 is 0.976 bits per heavy atom. The van der Waals surface area contributed by atoms with Gasteiger partial charge in [-0.3, -0.25) is 9.79 Å². The van der Waals surface area contributed by atoms with Crippen LogP contribution in [0.15, 0.2) is 90.1 Å². The molecule has 0 saturated heterocycles. The molecule has 1 N–H and O–H groups in total. The van der Waals surface area contributed by atoms with Gasteiger partial charge >= 0.3 is 0 Å². The number of hydrogen-bond acceptors (Lipinski definition) is 6. The van der Waals surface area contributed by atoms with Crippen molar-refractivity contribution in [1.29, 1.82) is 0 Å². The van der Waals surface area contributed by atoms with E-state index in [0.717, 1.165) is 39.5 Å². The van der Waals surface area contributed by atoms with E-state index in [9.17, 15) is 4.79 Å².